The van der Waals surface area contributed by atoms with Crippen molar-refractivity contribution in [3.05, 3.63) is 54.5 Å². The minimum Gasteiger partial charge on any atom is -0.387 e. The molecule has 0 bridgehead atoms. The predicted molar refractivity (Wildman–Crippen MR) is 84.1 cm³/mol. The minimum atomic E-state index is -0.265. The fraction of sp³-hybridized carbons (Fsp3) is 0.0588. The molecule has 0 saturated carbocycles. The molecule has 0 unspecified atom stereocenters. The monoisotopic (exact) mass is 277 g/mol. The zero-order valence-electron chi connectivity index (χ0n) is 11.4. The van der Waals surface area contributed by atoms with Crippen molar-refractivity contribution in [3.8, 4) is 0 Å². The van der Waals surface area contributed by atoms with E-state index in [1.165, 1.54) is 12.1 Å². The largest absolute Gasteiger partial charge is 0.387 e. The quantitative estimate of drug-likeness (QED) is 0.420. The number of fused-ring (bicyclic) bond motifs is 4. The zero-order valence-corrected chi connectivity index (χ0v) is 11.4. The summed E-state index contributed by atoms with van der Waals surface area (Å²) < 4.78 is 13.5. The lowest BCUT2D eigenvalue weighted by atomic mass is 10.1. The summed E-state index contributed by atoms with van der Waals surface area (Å²) in [5, 5.41) is 5.94. The highest BCUT2D eigenvalue weighted by Gasteiger charge is 2.11. The molecule has 4 heteroatoms. The van der Waals surface area contributed by atoms with Crippen LogP contribution in [-0.4, -0.2) is 17.0 Å². The van der Waals surface area contributed by atoms with Crippen LogP contribution in [0.1, 0.15) is 0 Å². The summed E-state index contributed by atoms with van der Waals surface area (Å²) in [6.45, 7) is 0. The van der Waals surface area contributed by atoms with Gasteiger partial charge in [-0.2, -0.15) is 0 Å². The number of nitrogens with zero attached hydrogens (tertiary/aromatic N) is 2. The Morgan fingerprint density at radius 1 is 1.00 bits per heavy atom. The maximum Gasteiger partial charge on any atom is 0.124 e. The van der Waals surface area contributed by atoms with Crippen LogP contribution in [0.4, 0.5) is 10.1 Å². The van der Waals surface area contributed by atoms with Gasteiger partial charge in [-0.25, -0.2) is 9.37 Å². The number of benzene rings is 2. The van der Waals surface area contributed by atoms with Gasteiger partial charge in [0.15, 0.2) is 0 Å². The first-order valence-electron chi connectivity index (χ1n) is 6.72. The molecule has 4 rings (SSSR count). The van der Waals surface area contributed by atoms with Gasteiger partial charge < -0.3 is 5.32 Å². The number of aromatic nitrogens is 2. The standard InChI is InChI=1S/C17H12FN3/c1-19-16-12-6-4-10-3-2-8-20-15(10)17(12)21-14-7-5-11(18)9-13(14)16/h2-9H,1H3,(H,19,21). The summed E-state index contributed by atoms with van der Waals surface area (Å²) in [5.41, 5.74) is 3.32. The van der Waals surface area contributed by atoms with E-state index in [-0.39, 0.29) is 5.82 Å². The molecular weight excluding hydrogens is 265 g/mol. The predicted octanol–water partition coefficient (Wildman–Crippen LogP) is 4.12. The Morgan fingerprint density at radius 3 is 2.76 bits per heavy atom. The molecular formula is C17H12FN3. The van der Waals surface area contributed by atoms with Gasteiger partial charge in [0.25, 0.3) is 0 Å². The lowest BCUT2D eigenvalue weighted by Crippen LogP contribution is -1.96. The Bertz CT molecular complexity index is 995. The molecule has 0 aliphatic rings. The number of hydrogen-bond acceptors (Lipinski definition) is 3. The van der Waals surface area contributed by atoms with Crippen molar-refractivity contribution < 1.29 is 4.39 Å². The minimum absolute atomic E-state index is 0.265. The van der Waals surface area contributed by atoms with Gasteiger partial charge in [-0.1, -0.05) is 12.1 Å². The molecule has 0 aliphatic carbocycles. The molecule has 0 spiro atoms. The van der Waals surface area contributed by atoms with Gasteiger partial charge in [-0.05, 0) is 30.3 Å². The number of anilines is 1. The molecule has 3 nitrogen and oxygen atoms in total. The summed E-state index contributed by atoms with van der Waals surface area (Å²) in [6.07, 6.45) is 1.76. The van der Waals surface area contributed by atoms with E-state index in [1.54, 1.807) is 12.3 Å². The van der Waals surface area contributed by atoms with Crippen LogP contribution in [0.3, 0.4) is 0 Å². The lowest BCUT2D eigenvalue weighted by molar-refractivity contribution is 0.629. The van der Waals surface area contributed by atoms with Gasteiger partial charge in [0, 0.05) is 29.4 Å². The Hall–Kier alpha value is -2.75. The molecule has 0 aliphatic heterocycles. The third-order valence-electron chi connectivity index (χ3n) is 3.73. The summed E-state index contributed by atoms with van der Waals surface area (Å²) in [7, 11) is 1.84. The van der Waals surface area contributed by atoms with Gasteiger partial charge in [0.1, 0.15) is 5.82 Å². The van der Waals surface area contributed by atoms with E-state index in [0.717, 1.165) is 38.4 Å². The highest BCUT2D eigenvalue weighted by atomic mass is 19.1. The molecule has 2 aromatic carbocycles. The van der Waals surface area contributed by atoms with E-state index >= 15 is 0 Å². The van der Waals surface area contributed by atoms with Crippen molar-refractivity contribution >= 4 is 38.4 Å². The first-order valence-corrected chi connectivity index (χ1v) is 6.72. The highest BCUT2D eigenvalue weighted by molar-refractivity contribution is 6.14. The zero-order chi connectivity index (χ0) is 14.4. The van der Waals surface area contributed by atoms with Crippen LogP contribution in [0.2, 0.25) is 0 Å². The maximum absolute atomic E-state index is 13.5. The molecule has 1 N–H and O–H groups in total. The highest BCUT2D eigenvalue weighted by Crippen LogP contribution is 2.33. The number of pyridine rings is 2. The summed E-state index contributed by atoms with van der Waals surface area (Å²) in [6, 6.07) is 12.6. The number of rotatable bonds is 1. The van der Waals surface area contributed by atoms with E-state index in [4.69, 9.17) is 0 Å². The van der Waals surface area contributed by atoms with Crippen LogP contribution in [0.15, 0.2) is 48.7 Å². The molecule has 0 fully saturated rings. The van der Waals surface area contributed by atoms with Gasteiger partial charge in [0.05, 0.1) is 22.2 Å². The Kier molecular flexibility index (Phi) is 2.51. The van der Waals surface area contributed by atoms with E-state index in [1.807, 2.05) is 31.3 Å². The summed E-state index contributed by atoms with van der Waals surface area (Å²) in [4.78, 5) is 9.13. The van der Waals surface area contributed by atoms with E-state index in [9.17, 15) is 4.39 Å². The van der Waals surface area contributed by atoms with Crippen molar-refractivity contribution in [3.63, 3.8) is 0 Å². The fourth-order valence-corrected chi connectivity index (χ4v) is 2.79. The van der Waals surface area contributed by atoms with E-state index in [2.05, 4.69) is 15.3 Å². The number of nitrogens with one attached hydrogen (secondary N) is 1. The molecule has 2 aromatic heterocycles. The van der Waals surface area contributed by atoms with Crippen LogP contribution < -0.4 is 5.32 Å². The molecule has 4 aromatic rings. The van der Waals surface area contributed by atoms with Crippen LogP contribution in [0.25, 0.3) is 32.7 Å². The van der Waals surface area contributed by atoms with Crippen molar-refractivity contribution in [2.75, 3.05) is 12.4 Å². The lowest BCUT2D eigenvalue weighted by Gasteiger charge is -2.11. The Morgan fingerprint density at radius 2 is 1.90 bits per heavy atom. The average Bonchev–Trinajstić information content (AvgIpc) is 2.52. The first-order chi connectivity index (χ1) is 10.3. The normalized spacial score (nSPS) is 11.3. The third kappa shape index (κ3) is 1.72. The molecule has 0 amide bonds. The molecule has 2 heterocycles. The van der Waals surface area contributed by atoms with Gasteiger partial charge in [-0.15, -0.1) is 0 Å². The van der Waals surface area contributed by atoms with Crippen molar-refractivity contribution in [2.24, 2.45) is 0 Å². The number of halogens is 1. The number of hydrogen-bond donors (Lipinski definition) is 1. The van der Waals surface area contributed by atoms with Gasteiger partial charge >= 0.3 is 0 Å². The first kappa shape index (κ1) is 12.0. The second-order valence-corrected chi connectivity index (χ2v) is 4.94. The van der Waals surface area contributed by atoms with E-state index in [0.29, 0.717) is 0 Å². The van der Waals surface area contributed by atoms with Crippen molar-refractivity contribution in [1.82, 2.24) is 9.97 Å². The second-order valence-electron chi connectivity index (χ2n) is 4.94. The average molecular weight is 277 g/mol. The Balaban J connectivity index is 2.28. The maximum atomic E-state index is 13.5. The third-order valence-corrected chi connectivity index (χ3v) is 3.73. The molecule has 102 valence electrons. The summed E-state index contributed by atoms with van der Waals surface area (Å²) in [5.74, 6) is -0.265. The van der Waals surface area contributed by atoms with Crippen LogP contribution in [-0.2, 0) is 0 Å². The molecule has 0 radical (unpaired) electrons. The molecule has 0 atom stereocenters. The fourth-order valence-electron chi connectivity index (χ4n) is 2.79. The SMILES string of the molecule is CNc1c2cc(F)ccc2nc2c1ccc1cccnc12. The topological polar surface area (TPSA) is 37.8 Å². The molecule has 0 saturated heterocycles. The van der Waals surface area contributed by atoms with Gasteiger partial charge in [0.2, 0.25) is 0 Å². The van der Waals surface area contributed by atoms with Crippen molar-refractivity contribution in [2.45, 2.75) is 0 Å². The summed E-state index contributed by atoms with van der Waals surface area (Å²) >= 11 is 0. The van der Waals surface area contributed by atoms with Gasteiger partial charge in [-0.3, -0.25) is 4.98 Å². The van der Waals surface area contributed by atoms with Crippen LogP contribution in [0, 0.1) is 5.82 Å². The Labute approximate surface area is 120 Å². The van der Waals surface area contributed by atoms with Crippen molar-refractivity contribution in [1.29, 1.82) is 0 Å². The van der Waals surface area contributed by atoms with Crippen LogP contribution >= 0.6 is 0 Å². The van der Waals surface area contributed by atoms with E-state index < -0.39 is 0 Å². The second kappa shape index (κ2) is 4.38. The van der Waals surface area contributed by atoms with Crippen LogP contribution in [0.5, 0.6) is 0 Å². The smallest absolute Gasteiger partial charge is 0.124 e. The molecule has 21 heavy (non-hydrogen) atoms.